The van der Waals surface area contributed by atoms with Crippen LogP contribution < -0.4 is 0 Å². The number of carbonyl (C=O) groups excluding carboxylic acids is 2. The van der Waals surface area contributed by atoms with Gasteiger partial charge in [0.15, 0.2) is 5.76 Å². The maximum absolute atomic E-state index is 14.4. The number of hydrogen-bond acceptors (Lipinski definition) is 5. The Balaban J connectivity index is 1.74. The van der Waals surface area contributed by atoms with Gasteiger partial charge in [-0.05, 0) is 66.2 Å². The number of rotatable bonds is 5. The molecule has 0 spiro atoms. The molecule has 0 fully saturated rings. The quantitative estimate of drug-likeness (QED) is 0.229. The van der Waals surface area contributed by atoms with Crippen molar-refractivity contribution in [3.63, 3.8) is 0 Å². The van der Waals surface area contributed by atoms with Crippen molar-refractivity contribution >= 4 is 49.9 Å². The molecule has 1 heterocycles. The summed E-state index contributed by atoms with van der Waals surface area (Å²) in [6.07, 6.45) is 0. The summed E-state index contributed by atoms with van der Waals surface area (Å²) < 4.78 is 47.9. The van der Waals surface area contributed by atoms with E-state index in [2.05, 4.69) is 0 Å². The van der Waals surface area contributed by atoms with Crippen molar-refractivity contribution in [3.05, 3.63) is 118 Å². The van der Waals surface area contributed by atoms with Crippen LogP contribution in [0.15, 0.2) is 95.5 Å². The van der Waals surface area contributed by atoms with Crippen molar-refractivity contribution in [2.75, 3.05) is 6.54 Å². The molecule has 0 aromatic heterocycles. The number of nitrogens with zero attached hydrogens (tertiary/aromatic N) is 1. The van der Waals surface area contributed by atoms with E-state index in [1.165, 1.54) is 24.3 Å². The van der Waals surface area contributed by atoms with Crippen molar-refractivity contribution in [1.82, 2.24) is 4.31 Å². The fourth-order valence-corrected chi connectivity index (χ4v) is 6.02. The highest BCUT2D eigenvalue weighted by Gasteiger charge is 2.41. The van der Waals surface area contributed by atoms with E-state index in [0.29, 0.717) is 5.02 Å². The Morgan fingerprint density at radius 1 is 0.892 bits per heavy atom. The number of hydrogen-bond donors (Lipinski definition) is 0. The lowest BCUT2D eigenvalue weighted by atomic mass is 10.0. The van der Waals surface area contributed by atoms with Gasteiger partial charge < -0.3 is 4.74 Å². The molecular weight excluding hydrogens is 517 g/mol. The second kappa shape index (κ2) is 9.46. The Kier molecular flexibility index (Phi) is 6.31. The van der Waals surface area contributed by atoms with Crippen molar-refractivity contribution < 1.29 is 27.1 Å². The van der Waals surface area contributed by atoms with Gasteiger partial charge in [-0.25, -0.2) is 17.6 Å². The topological polar surface area (TPSA) is 80.8 Å². The first kappa shape index (κ1) is 24.7. The number of carbonyl (C=O) groups is 2. The number of ether oxygens (including phenoxy) is 1. The predicted octanol–water partition coefficient (Wildman–Crippen LogP) is 6.07. The standard InChI is InChI=1S/C28H19ClFNO5S/c1-2-31-25(26(32)20-8-7-17-5-3-4-6-19(17)15-20)27(36-28(33)18-9-11-21(29)12-10-18)23-16-22(30)13-14-24(23)37(31,34)35/h3-16H,2H2,1H3. The van der Waals surface area contributed by atoms with E-state index in [0.717, 1.165) is 33.3 Å². The van der Waals surface area contributed by atoms with Crippen molar-refractivity contribution in [2.45, 2.75) is 11.8 Å². The van der Waals surface area contributed by atoms with Gasteiger partial charge >= 0.3 is 5.97 Å². The molecule has 0 bridgehead atoms. The van der Waals surface area contributed by atoms with Crippen molar-refractivity contribution in [1.29, 1.82) is 0 Å². The average molecular weight is 536 g/mol. The zero-order chi connectivity index (χ0) is 26.3. The molecule has 186 valence electrons. The van der Waals surface area contributed by atoms with E-state index in [1.54, 1.807) is 25.1 Å². The van der Waals surface area contributed by atoms with E-state index >= 15 is 0 Å². The third-order valence-corrected chi connectivity index (χ3v) is 8.19. The lowest BCUT2D eigenvalue weighted by molar-refractivity contribution is 0.0685. The first-order chi connectivity index (χ1) is 17.7. The normalized spacial score (nSPS) is 14.4. The van der Waals surface area contributed by atoms with Crippen molar-refractivity contribution in [3.8, 4) is 0 Å². The number of Topliss-reactive ketones (excluding diaryl/α,β-unsaturated/α-hetero) is 1. The van der Waals surface area contributed by atoms with E-state index in [9.17, 15) is 22.4 Å². The Morgan fingerprint density at radius 2 is 1.57 bits per heavy atom. The summed E-state index contributed by atoms with van der Waals surface area (Å²) in [6.45, 7) is 1.42. The smallest absolute Gasteiger partial charge is 0.343 e. The predicted molar refractivity (Wildman–Crippen MR) is 138 cm³/mol. The molecule has 0 saturated carbocycles. The van der Waals surface area contributed by atoms with Gasteiger partial charge in [-0.3, -0.25) is 9.10 Å². The first-order valence-electron chi connectivity index (χ1n) is 11.3. The number of likely N-dealkylation sites (N-methyl/N-ethyl adjacent to an activating group) is 1. The minimum absolute atomic E-state index is 0.115. The Labute approximate surface area is 217 Å². The molecule has 6 nitrogen and oxygen atoms in total. The SMILES string of the molecule is CCN1C(C(=O)c2ccc3ccccc3c2)=C(OC(=O)c2ccc(Cl)cc2)c2cc(F)ccc2S1(=O)=O. The minimum atomic E-state index is -4.25. The third kappa shape index (κ3) is 4.39. The van der Waals surface area contributed by atoms with Crippen LogP contribution >= 0.6 is 11.6 Å². The summed E-state index contributed by atoms with van der Waals surface area (Å²) >= 11 is 5.91. The lowest BCUT2D eigenvalue weighted by Gasteiger charge is -2.32. The summed E-state index contributed by atoms with van der Waals surface area (Å²) in [6, 6.07) is 21.2. The zero-order valence-electron chi connectivity index (χ0n) is 19.4. The van der Waals surface area contributed by atoms with Gasteiger partial charge in [0.25, 0.3) is 10.0 Å². The third-order valence-electron chi connectivity index (χ3n) is 6.01. The van der Waals surface area contributed by atoms with Crippen LogP contribution in [0, 0.1) is 5.82 Å². The van der Waals surface area contributed by atoms with Gasteiger partial charge in [0.05, 0.1) is 10.5 Å². The van der Waals surface area contributed by atoms with E-state index < -0.39 is 27.6 Å². The highest BCUT2D eigenvalue weighted by atomic mass is 35.5. The van der Waals surface area contributed by atoms with E-state index in [-0.39, 0.29) is 39.6 Å². The van der Waals surface area contributed by atoms with Crippen LogP contribution in [-0.2, 0) is 14.8 Å². The Morgan fingerprint density at radius 3 is 2.27 bits per heavy atom. The summed E-state index contributed by atoms with van der Waals surface area (Å²) in [5, 5.41) is 2.05. The molecule has 5 rings (SSSR count). The van der Waals surface area contributed by atoms with E-state index in [4.69, 9.17) is 16.3 Å². The van der Waals surface area contributed by atoms with Gasteiger partial charge in [-0.1, -0.05) is 48.0 Å². The second-order valence-electron chi connectivity index (χ2n) is 8.28. The van der Waals surface area contributed by atoms with E-state index in [1.807, 2.05) is 24.3 Å². The zero-order valence-corrected chi connectivity index (χ0v) is 21.0. The summed E-state index contributed by atoms with van der Waals surface area (Å²) in [5.74, 6) is -2.65. The van der Waals surface area contributed by atoms with Crippen LogP contribution in [0.2, 0.25) is 5.02 Å². The second-order valence-corrected chi connectivity index (χ2v) is 10.5. The van der Waals surface area contributed by atoms with Crippen LogP contribution in [0.25, 0.3) is 16.5 Å². The first-order valence-corrected chi connectivity index (χ1v) is 13.1. The highest BCUT2D eigenvalue weighted by Crippen LogP contribution is 2.39. The Hall–Kier alpha value is -4.01. The largest absolute Gasteiger partial charge is 0.420 e. The van der Waals surface area contributed by atoms with Gasteiger partial charge in [0.2, 0.25) is 5.78 Å². The number of fused-ring (bicyclic) bond motifs is 2. The Bertz CT molecular complexity index is 1710. The van der Waals surface area contributed by atoms with Gasteiger partial charge in [0.1, 0.15) is 11.5 Å². The highest BCUT2D eigenvalue weighted by molar-refractivity contribution is 7.89. The van der Waals surface area contributed by atoms with Crippen molar-refractivity contribution in [2.24, 2.45) is 0 Å². The lowest BCUT2D eigenvalue weighted by Crippen LogP contribution is -2.38. The van der Waals surface area contributed by atoms with Crippen LogP contribution in [0.4, 0.5) is 4.39 Å². The maximum Gasteiger partial charge on any atom is 0.343 e. The molecule has 37 heavy (non-hydrogen) atoms. The molecule has 0 amide bonds. The molecule has 9 heteroatoms. The van der Waals surface area contributed by atoms with Crippen LogP contribution in [0.1, 0.15) is 33.2 Å². The molecule has 0 radical (unpaired) electrons. The number of sulfonamides is 1. The molecule has 0 saturated heterocycles. The number of esters is 1. The summed E-state index contributed by atoms with van der Waals surface area (Å²) in [7, 11) is -4.25. The van der Waals surface area contributed by atoms with Gasteiger partial charge in [-0.2, -0.15) is 0 Å². The fraction of sp³-hybridized carbons (Fsp3) is 0.0714. The fourth-order valence-electron chi connectivity index (χ4n) is 4.24. The number of halogens is 2. The monoisotopic (exact) mass is 535 g/mol. The molecule has 0 atom stereocenters. The van der Waals surface area contributed by atoms with Crippen LogP contribution in [0.3, 0.4) is 0 Å². The summed E-state index contributed by atoms with van der Waals surface area (Å²) in [5.41, 5.74) is -0.291. The van der Waals surface area contributed by atoms with Gasteiger partial charge in [-0.15, -0.1) is 0 Å². The molecule has 0 unspecified atom stereocenters. The molecule has 0 N–H and O–H groups in total. The molecule has 0 aliphatic carbocycles. The number of allylic oxidation sites excluding steroid dienone is 1. The average Bonchev–Trinajstić information content (AvgIpc) is 2.89. The number of benzene rings is 4. The number of ketones is 1. The summed E-state index contributed by atoms with van der Waals surface area (Å²) in [4.78, 5) is 26.7. The molecule has 1 aliphatic heterocycles. The van der Waals surface area contributed by atoms with Crippen LogP contribution in [0.5, 0.6) is 0 Å². The molecular formula is C28H19ClFNO5S. The molecule has 4 aromatic carbocycles. The van der Waals surface area contributed by atoms with Gasteiger partial charge in [0, 0.05) is 22.7 Å². The minimum Gasteiger partial charge on any atom is -0.420 e. The van der Waals surface area contributed by atoms with Crippen LogP contribution in [-0.4, -0.2) is 31.0 Å². The molecule has 1 aliphatic rings. The molecule has 4 aromatic rings. The maximum atomic E-state index is 14.4.